The van der Waals surface area contributed by atoms with Gasteiger partial charge in [0.15, 0.2) is 0 Å². The summed E-state index contributed by atoms with van der Waals surface area (Å²) in [6.45, 7) is 0.995. The van der Waals surface area contributed by atoms with Crippen molar-refractivity contribution in [3.05, 3.63) is 0 Å². The molecule has 36 valence electrons. The Bertz CT molecular complexity index is 57.8. The van der Waals surface area contributed by atoms with Crippen molar-refractivity contribution in [2.45, 2.75) is 5.41 Å². The van der Waals surface area contributed by atoms with Gasteiger partial charge in [0.25, 0.3) is 0 Å². The number of hydrogen-bond acceptors (Lipinski definition) is 1. The highest BCUT2D eigenvalue weighted by Crippen LogP contribution is 2.23. The Morgan fingerprint density at radius 1 is 1.67 bits per heavy atom. The van der Waals surface area contributed by atoms with E-state index in [1.54, 1.807) is 0 Å². The molecule has 0 bridgehead atoms. The van der Waals surface area contributed by atoms with Crippen LogP contribution in [0.1, 0.15) is 0 Å². The first-order valence-corrected chi connectivity index (χ1v) is 2.47. The van der Waals surface area contributed by atoms with Crippen molar-refractivity contribution >= 4 is 9.24 Å². The van der Waals surface area contributed by atoms with Gasteiger partial charge >= 0.3 is 0 Å². The molecule has 1 fully saturated rings. The summed E-state index contributed by atoms with van der Waals surface area (Å²) >= 11 is 0. The van der Waals surface area contributed by atoms with Gasteiger partial charge in [0.1, 0.15) is 5.41 Å². The lowest BCUT2D eigenvalue weighted by atomic mass is 10.2. The molecule has 0 aromatic heterocycles. The van der Waals surface area contributed by atoms with Crippen LogP contribution >= 0.6 is 9.24 Å². The molecule has 0 spiro atoms. The van der Waals surface area contributed by atoms with E-state index in [1.165, 1.54) is 0 Å². The molecular formula is C3H7FNP. The molecule has 1 aliphatic heterocycles. The van der Waals surface area contributed by atoms with E-state index < -0.39 is 5.41 Å². The van der Waals surface area contributed by atoms with Gasteiger partial charge in [-0.15, -0.1) is 0 Å². The maximum atomic E-state index is 12.1. The molecule has 1 nitrogen and oxygen atoms in total. The van der Waals surface area contributed by atoms with Crippen LogP contribution in [0.4, 0.5) is 4.39 Å². The fourth-order valence-corrected chi connectivity index (χ4v) is 0.653. The van der Waals surface area contributed by atoms with Crippen molar-refractivity contribution in [2.75, 3.05) is 13.1 Å². The van der Waals surface area contributed by atoms with Crippen molar-refractivity contribution in [3.63, 3.8) is 0 Å². The maximum absolute atomic E-state index is 12.1. The van der Waals surface area contributed by atoms with Crippen molar-refractivity contribution < 1.29 is 4.39 Å². The number of hydrogen-bond donors (Lipinski definition) is 1. The van der Waals surface area contributed by atoms with Crippen molar-refractivity contribution in [1.82, 2.24) is 5.32 Å². The summed E-state index contributed by atoms with van der Waals surface area (Å²) in [5.41, 5.74) is 0. The van der Waals surface area contributed by atoms with Gasteiger partial charge in [-0.3, -0.25) is 0 Å². The van der Waals surface area contributed by atoms with Crippen LogP contribution in [0.3, 0.4) is 0 Å². The van der Waals surface area contributed by atoms with E-state index >= 15 is 0 Å². The van der Waals surface area contributed by atoms with Crippen LogP contribution in [0.25, 0.3) is 0 Å². The Kier molecular flexibility index (Phi) is 0.853. The average Bonchev–Trinajstić information content (AvgIpc) is 1.32. The topological polar surface area (TPSA) is 12.0 Å². The minimum Gasteiger partial charge on any atom is -0.310 e. The van der Waals surface area contributed by atoms with E-state index in [0.29, 0.717) is 13.1 Å². The van der Waals surface area contributed by atoms with Crippen LogP contribution in [0.5, 0.6) is 0 Å². The van der Waals surface area contributed by atoms with Crippen LogP contribution in [-0.2, 0) is 0 Å². The van der Waals surface area contributed by atoms with E-state index in [1.807, 2.05) is 0 Å². The van der Waals surface area contributed by atoms with Crippen LogP contribution in [0.15, 0.2) is 0 Å². The van der Waals surface area contributed by atoms with E-state index in [4.69, 9.17) is 0 Å². The van der Waals surface area contributed by atoms with Crippen molar-refractivity contribution in [3.8, 4) is 0 Å². The van der Waals surface area contributed by atoms with Gasteiger partial charge in [-0.25, -0.2) is 4.39 Å². The summed E-state index contributed by atoms with van der Waals surface area (Å²) in [7, 11) is 2.15. The van der Waals surface area contributed by atoms with E-state index in [9.17, 15) is 4.39 Å². The summed E-state index contributed by atoms with van der Waals surface area (Å²) in [6.07, 6.45) is 0. The summed E-state index contributed by atoms with van der Waals surface area (Å²) in [5, 5.41) is 1.83. The highest BCUT2D eigenvalue weighted by Gasteiger charge is 2.30. The quantitative estimate of drug-likeness (QED) is 0.434. The second-order valence-electron chi connectivity index (χ2n) is 1.64. The molecule has 1 heterocycles. The maximum Gasteiger partial charge on any atom is 0.148 e. The standard InChI is InChI=1S/C3H7FNP/c4-3(6)1-5-2-3/h5H,1-2,6H2. The van der Waals surface area contributed by atoms with Gasteiger partial charge in [-0.05, 0) is 0 Å². The molecule has 1 aliphatic rings. The van der Waals surface area contributed by atoms with Crippen molar-refractivity contribution in [2.24, 2.45) is 0 Å². The third-order valence-electron chi connectivity index (χ3n) is 0.838. The first kappa shape index (κ1) is 4.48. The van der Waals surface area contributed by atoms with Gasteiger partial charge in [0, 0.05) is 13.1 Å². The first-order valence-electron chi connectivity index (χ1n) is 1.89. The average molecular weight is 107 g/mol. The number of rotatable bonds is 0. The van der Waals surface area contributed by atoms with E-state index in [2.05, 4.69) is 14.6 Å². The molecule has 1 saturated heterocycles. The SMILES string of the molecule is FC1(P)CNC1. The molecule has 1 N–H and O–H groups in total. The highest BCUT2D eigenvalue weighted by molar-refractivity contribution is 7.18. The Morgan fingerprint density at radius 3 is 2.00 bits per heavy atom. The van der Waals surface area contributed by atoms with Crippen LogP contribution in [0.2, 0.25) is 0 Å². The summed E-state index contributed by atoms with van der Waals surface area (Å²) in [4.78, 5) is 0. The van der Waals surface area contributed by atoms with Crippen molar-refractivity contribution in [1.29, 1.82) is 0 Å². The second kappa shape index (κ2) is 1.14. The zero-order valence-electron chi connectivity index (χ0n) is 3.37. The summed E-state index contributed by atoms with van der Waals surface area (Å²) in [6, 6.07) is 0. The summed E-state index contributed by atoms with van der Waals surface area (Å²) in [5.74, 6) is 0. The van der Waals surface area contributed by atoms with Gasteiger partial charge in [-0.2, -0.15) is 0 Å². The largest absolute Gasteiger partial charge is 0.310 e. The normalized spacial score (nSPS) is 29.0. The molecule has 0 amide bonds. The molecule has 0 aromatic rings. The molecule has 1 rings (SSSR count). The molecule has 0 radical (unpaired) electrons. The van der Waals surface area contributed by atoms with Crippen LogP contribution in [0, 0.1) is 0 Å². The Morgan fingerprint density at radius 2 is 2.00 bits per heavy atom. The molecule has 0 aliphatic carbocycles. The number of halogens is 1. The zero-order valence-corrected chi connectivity index (χ0v) is 4.52. The minimum absolute atomic E-state index is 0.498. The number of alkyl halides is 1. The van der Waals surface area contributed by atoms with E-state index in [0.717, 1.165) is 0 Å². The predicted molar refractivity (Wildman–Crippen MR) is 26.4 cm³/mol. The Labute approximate surface area is 38.5 Å². The Balaban J connectivity index is 2.31. The van der Waals surface area contributed by atoms with E-state index in [-0.39, 0.29) is 0 Å². The molecule has 1 atom stereocenters. The molecule has 0 aromatic carbocycles. The monoisotopic (exact) mass is 107 g/mol. The Hall–Kier alpha value is 0.320. The second-order valence-corrected chi connectivity index (χ2v) is 2.67. The van der Waals surface area contributed by atoms with Gasteiger partial charge in [0.05, 0.1) is 0 Å². The van der Waals surface area contributed by atoms with Crippen LogP contribution < -0.4 is 5.32 Å². The fourth-order valence-electron chi connectivity index (χ4n) is 0.364. The zero-order chi connectivity index (χ0) is 4.62. The summed E-state index contributed by atoms with van der Waals surface area (Å²) < 4.78 is 12.1. The van der Waals surface area contributed by atoms with Crippen LogP contribution in [-0.4, -0.2) is 18.5 Å². The predicted octanol–water partition coefficient (Wildman–Crippen LogP) is 0.131. The van der Waals surface area contributed by atoms with Gasteiger partial charge in [-0.1, -0.05) is 9.24 Å². The van der Waals surface area contributed by atoms with Gasteiger partial charge in [0.2, 0.25) is 0 Å². The third kappa shape index (κ3) is 0.688. The third-order valence-corrected chi connectivity index (χ3v) is 1.25. The lowest BCUT2D eigenvalue weighted by molar-refractivity contribution is 0.196. The molecule has 3 heteroatoms. The smallest absolute Gasteiger partial charge is 0.148 e. The lowest BCUT2D eigenvalue weighted by Gasteiger charge is -2.30. The highest BCUT2D eigenvalue weighted by atomic mass is 31.0. The molecule has 0 saturated carbocycles. The molecular weight excluding hydrogens is 100 g/mol. The fraction of sp³-hybridized carbons (Fsp3) is 1.00. The molecule has 6 heavy (non-hydrogen) atoms. The lowest BCUT2D eigenvalue weighted by Crippen LogP contribution is -2.51. The minimum atomic E-state index is -0.972. The van der Waals surface area contributed by atoms with Gasteiger partial charge < -0.3 is 5.32 Å². The number of nitrogens with one attached hydrogen (secondary N) is 1. The molecule has 1 unspecified atom stereocenters. The first-order chi connectivity index (χ1) is 2.71.